The smallest absolute Gasteiger partial charge is 0.251 e. The maximum atomic E-state index is 10.6. The second-order valence-electron chi connectivity index (χ2n) is 3.79. The van der Waals surface area contributed by atoms with Crippen LogP contribution in [0, 0.1) is 0 Å². The molecule has 0 unspecified atom stereocenters. The second kappa shape index (κ2) is 2.50. The van der Waals surface area contributed by atoms with Gasteiger partial charge in [-0.15, -0.1) is 0 Å². The van der Waals surface area contributed by atoms with E-state index >= 15 is 0 Å². The van der Waals surface area contributed by atoms with Crippen LogP contribution in [0.25, 0.3) is 0 Å². The Kier molecular flexibility index (Phi) is 1.40. The van der Waals surface area contributed by atoms with Crippen LogP contribution in [0.3, 0.4) is 0 Å². The Balaban J connectivity index is 1.97. The Morgan fingerprint density at radius 1 is 1.21 bits per heavy atom. The molecular formula is C11H10O3. The van der Waals surface area contributed by atoms with E-state index in [2.05, 4.69) is 0 Å². The van der Waals surface area contributed by atoms with Gasteiger partial charge in [-0.2, -0.15) is 0 Å². The number of carbonyl (C=O) groups excluding carboxylic acids is 1. The molecule has 1 spiro atoms. The Hall–Kier alpha value is -1.51. The highest BCUT2D eigenvalue weighted by molar-refractivity contribution is 5.76. The molecule has 0 atom stereocenters. The Labute approximate surface area is 81.6 Å². The monoisotopic (exact) mass is 190 g/mol. The Bertz CT molecular complexity index is 394. The zero-order valence-electron chi connectivity index (χ0n) is 7.66. The Morgan fingerprint density at radius 2 is 2.00 bits per heavy atom. The molecule has 1 aliphatic carbocycles. The molecule has 1 saturated carbocycles. The fourth-order valence-electron chi connectivity index (χ4n) is 1.85. The standard InChI is InChI=1S/C11H10O3/c12-7-8-2-3-9-10(6-8)14-11(13-9)4-1-5-11/h2-3,6-7H,1,4-5H2. The average Bonchev–Trinajstić information content (AvgIpc) is 2.55. The average molecular weight is 190 g/mol. The minimum Gasteiger partial charge on any atom is -0.448 e. The zero-order valence-corrected chi connectivity index (χ0v) is 7.66. The van der Waals surface area contributed by atoms with Crippen molar-refractivity contribution in [2.24, 2.45) is 0 Å². The van der Waals surface area contributed by atoms with Crippen molar-refractivity contribution in [3.05, 3.63) is 23.8 Å². The van der Waals surface area contributed by atoms with Crippen LogP contribution in [-0.4, -0.2) is 12.1 Å². The van der Waals surface area contributed by atoms with Crippen LogP contribution in [0.1, 0.15) is 29.6 Å². The second-order valence-corrected chi connectivity index (χ2v) is 3.79. The molecule has 0 radical (unpaired) electrons. The lowest BCUT2D eigenvalue weighted by molar-refractivity contribution is -0.138. The van der Waals surface area contributed by atoms with Crippen LogP contribution in [-0.2, 0) is 0 Å². The summed E-state index contributed by atoms with van der Waals surface area (Å²) in [5, 5.41) is 0. The van der Waals surface area contributed by atoms with Gasteiger partial charge in [0.25, 0.3) is 5.79 Å². The molecule has 1 heterocycles. The van der Waals surface area contributed by atoms with Crippen LogP contribution < -0.4 is 9.47 Å². The number of fused-ring (bicyclic) bond motifs is 1. The van der Waals surface area contributed by atoms with E-state index in [1.807, 2.05) is 0 Å². The van der Waals surface area contributed by atoms with Gasteiger partial charge in [-0.25, -0.2) is 0 Å². The van der Waals surface area contributed by atoms with E-state index < -0.39 is 5.79 Å². The lowest BCUT2D eigenvalue weighted by Gasteiger charge is -2.35. The number of rotatable bonds is 1. The molecule has 3 nitrogen and oxygen atoms in total. The van der Waals surface area contributed by atoms with Gasteiger partial charge in [0.15, 0.2) is 11.5 Å². The number of hydrogen-bond donors (Lipinski definition) is 0. The minimum atomic E-state index is -0.399. The summed E-state index contributed by atoms with van der Waals surface area (Å²) in [6.07, 6.45) is 3.85. The van der Waals surface area contributed by atoms with Crippen molar-refractivity contribution in [1.82, 2.24) is 0 Å². The number of aldehydes is 1. The van der Waals surface area contributed by atoms with Gasteiger partial charge in [-0.05, 0) is 24.6 Å². The third-order valence-electron chi connectivity index (χ3n) is 2.81. The maximum absolute atomic E-state index is 10.6. The predicted octanol–water partition coefficient (Wildman–Crippen LogP) is 2.15. The van der Waals surface area contributed by atoms with E-state index in [1.54, 1.807) is 18.2 Å². The molecule has 1 aromatic carbocycles. The van der Waals surface area contributed by atoms with Crippen LogP contribution in [0.15, 0.2) is 18.2 Å². The van der Waals surface area contributed by atoms with Crippen molar-refractivity contribution in [1.29, 1.82) is 0 Å². The van der Waals surface area contributed by atoms with Gasteiger partial charge >= 0.3 is 0 Å². The quantitative estimate of drug-likeness (QED) is 0.636. The highest BCUT2D eigenvalue weighted by Crippen LogP contribution is 2.48. The van der Waals surface area contributed by atoms with Gasteiger partial charge in [0.05, 0.1) is 0 Å². The third-order valence-corrected chi connectivity index (χ3v) is 2.81. The van der Waals surface area contributed by atoms with Crippen LogP contribution in [0.5, 0.6) is 11.5 Å². The first kappa shape index (κ1) is 7.85. The summed E-state index contributed by atoms with van der Waals surface area (Å²) in [6.45, 7) is 0. The molecule has 0 amide bonds. The zero-order chi connectivity index (χ0) is 9.60. The molecule has 72 valence electrons. The van der Waals surface area contributed by atoms with Gasteiger partial charge in [-0.1, -0.05) is 0 Å². The highest BCUT2D eigenvalue weighted by atomic mass is 16.7. The summed E-state index contributed by atoms with van der Waals surface area (Å²) >= 11 is 0. The topological polar surface area (TPSA) is 35.5 Å². The van der Waals surface area contributed by atoms with Crippen molar-refractivity contribution in [3.63, 3.8) is 0 Å². The van der Waals surface area contributed by atoms with Gasteiger partial charge in [-0.3, -0.25) is 4.79 Å². The van der Waals surface area contributed by atoms with Crippen molar-refractivity contribution in [3.8, 4) is 11.5 Å². The third kappa shape index (κ3) is 0.953. The van der Waals surface area contributed by atoms with E-state index in [0.29, 0.717) is 11.3 Å². The first-order chi connectivity index (χ1) is 6.81. The normalized spacial score (nSPS) is 20.6. The number of benzene rings is 1. The fourth-order valence-corrected chi connectivity index (χ4v) is 1.85. The van der Waals surface area contributed by atoms with E-state index in [-0.39, 0.29) is 0 Å². The molecular weight excluding hydrogens is 180 g/mol. The molecule has 14 heavy (non-hydrogen) atoms. The first-order valence-corrected chi connectivity index (χ1v) is 4.79. The van der Waals surface area contributed by atoms with E-state index in [1.165, 1.54) is 0 Å². The lowest BCUT2D eigenvalue weighted by atomic mass is 9.91. The first-order valence-electron chi connectivity index (χ1n) is 4.79. The van der Waals surface area contributed by atoms with Crippen LogP contribution in [0.2, 0.25) is 0 Å². The van der Waals surface area contributed by atoms with Gasteiger partial charge < -0.3 is 9.47 Å². The summed E-state index contributed by atoms with van der Waals surface area (Å²) < 4.78 is 11.4. The van der Waals surface area contributed by atoms with Crippen LogP contribution >= 0.6 is 0 Å². The largest absolute Gasteiger partial charge is 0.448 e. The van der Waals surface area contributed by atoms with Crippen molar-refractivity contribution < 1.29 is 14.3 Å². The molecule has 1 fully saturated rings. The molecule has 2 aliphatic rings. The summed E-state index contributed by atoms with van der Waals surface area (Å²) in [5.74, 6) is 1.06. The molecule has 0 N–H and O–H groups in total. The van der Waals surface area contributed by atoms with E-state index in [9.17, 15) is 4.79 Å². The van der Waals surface area contributed by atoms with Crippen molar-refractivity contribution in [2.75, 3.05) is 0 Å². The summed E-state index contributed by atoms with van der Waals surface area (Å²) in [5.41, 5.74) is 0.628. The molecule has 1 aliphatic heterocycles. The summed E-state index contributed by atoms with van der Waals surface area (Å²) in [4.78, 5) is 10.6. The Morgan fingerprint density at radius 3 is 2.64 bits per heavy atom. The SMILES string of the molecule is O=Cc1ccc2c(c1)OC1(CCC1)O2. The molecule has 3 rings (SSSR count). The summed E-state index contributed by atoms with van der Waals surface area (Å²) in [7, 11) is 0. The molecule has 3 heteroatoms. The lowest BCUT2D eigenvalue weighted by Crippen LogP contribution is -2.45. The molecule has 0 saturated heterocycles. The molecule has 1 aromatic rings. The maximum Gasteiger partial charge on any atom is 0.251 e. The predicted molar refractivity (Wildman–Crippen MR) is 49.7 cm³/mol. The van der Waals surface area contributed by atoms with Gasteiger partial charge in [0, 0.05) is 18.4 Å². The molecule has 0 aromatic heterocycles. The highest BCUT2D eigenvalue weighted by Gasteiger charge is 2.47. The summed E-state index contributed by atoms with van der Waals surface area (Å²) in [6, 6.07) is 5.27. The number of ether oxygens (including phenoxy) is 2. The number of hydrogen-bond acceptors (Lipinski definition) is 3. The number of carbonyl (C=O) groups is 1. The van der Waals surface area contributed by atoms with Crippen molar-refractivity contribution in [2.45, 2.75) is 25.0 Å². The molecule has 0 bridgehead atoms. The van der Waals surface area contributed by atoms with Gasteiger partial charge in [0.1, 0.15) is 6.29 Å². The van der Waals surface area contributed by atoms with E-state index in [0.717, 1.165) is 31.3 Å². The fraction of sp³-hybridized carbons (Fsp3) is 0.364. The minimum absolute atomic E-state index is 0.399. The van der Waals surface area contributed by atoms with Gasteiger partial charge in [0.2, 0.25) is 0 Å². The van der Waals surface area contributed by atoms with E-state index in [4.69, 9.17) is 9.47 Å². The van der Waals surface area contributed by atoms with Crippen molar-refractivity contribution >= 4 is 6.29 Å². The van der Waals surface area contributed by atoms with Crippen LogP contribution in [0.4, 0.5) is 0 Å².